The van der Waals surface area contributed by atoms with Gasteiger partial charge in [-0.3, -0.25) is 20.4 Å². The number of amides is 2. The van der Waals surface area contributed by atoms with Gasteiger partial charge in [0.1, 0.15) is 12.4 Å². The Kier molecular flexibility index (Phi) is 8.12. The van der Waals surface area contributed by atoms with Crippen molar-refractivity contribution in [3.8, 4) is 17.2 Å². The molecule has 2 amide bonds. The molecule has 2 N–H and O–H groups in total. The van der Waals surface area contributed by atoms with Crippen LogP contribution in [0.15, 0.2) is 42.5 Å². The number of methoxy groups -OCH3 is 1. The maximum atomic E-state index is 12.4. The molecule has 2 aromatic rings. The van der Waals surface area contributed by atoms with Gasteiger partial charge in [-0.25, -0.2) is 0 Å². The van der Waals surface area contributed by atoms with Gasteiger partial charge in [-0.05, 0) is 61.7 Å². The fourth-order valence-electron chi connectivity index (χ4n) is 3.07. The molecule has 0 aromatic heterocycles. The van der Waals surface area contributed by atoms with E-state index in [1.165, 1.54) is 7.11 Å². The predicted octanol–water partition coefficient (Wildman–Crippen LogP) is 3.12. The van der Waals surface area contributed by atoms with Gasteiger partial charge in [0.15, 0.2) is 11.5 Å². The number of carbonyl (C=O) groups excluding carboxylic acids is 2. The topological polar surface area (TPSA) is 95.1 Å². The van der Waals surface area contributed by atoms with Crippen molar-refractivity contribution in [1.82, 2.24) is 10.9 Å². The molecule has 166 valence electrons. The van der Waals surface area contributed by atoms with Crippen molar-refractivity contribution in [1.29, 1.82) is 0 Å². The van der Waals surface area contributed by atoms with Gasteiger partial charge < -0.3 is 18.9 Å². The minimum atomic E-state index is -0.467. The minimum Gasteiger partial charge on any atom is -0.493 e. The van der Waals surface area contributed by atoms with Crippen molar-refractivity contribution in [3.05, 3.63) is 53.6 Å². The maximum Gasteiger partial charge on any atom is 0.269 e. The molecular formula is C23H28N2O6. The SMILES string of the molecule is CCCOc1ccc(C(=O)NNC(=O)c2ccc(OC[C@@H]3CCCO3)cc2)cc1OC. The number of hydrogen-bond donors (Lipinski definition) is 2. The average molecular weight is 428 g/mol. The number of hydrogen-bond acceptors (Lipinski definition) is 6. The van der Waals surface area contributed by atoms with Crippen LogP contribution in [-0.4, -0.2) is 44.8 Å². The van der Waals surface area contributed by atoms with Crippen LogP contribution >= 0.6 is 0 Å². The first-order valence-electron chi connectivity index (χ1n) is 10.4. The van der Waals surface area contributed by atoms with Crippen molar-refractivity contribution in [3.63, 3.8) is 0 Å². The van der Waals surface area contributed by atoms with E-state index in [1.54, 1.807) is 42.5 Å². The Morgan fingerprint density at radius 1 is 1.00 bits per heavy atom. The molecule has 8 heteroatoms. The maximum absolute atomic E-state index is 12.4. The Bertz CT molecular complexity index is 878. The van der Waals surface area contributed by atoms with Gasteiger partial charge in [-0.15, -0.1) is 0 Å². The predicted molar refractivity (Wildman–Crippen MR) is 115 cm³/mol. The Morgan fingerprint density at radius 3 is 2.35 bits per heavy atom. The lowest BCUT2D eigenvalue weighted by Gasteiger charge is -2.13. The molecule has 0 saturated carbocycles. The lowest BCUT2D eigenvalue weighted by molar-refractivity contribution is 0.0679. The Hall–Kier alpha value is -3.26. The molecule has 1 fully saturated rings. The summed E-state index contributed by atoms with van der Waals surface area (Å²) >= 11 is 0. The Morgan fingerprint density at radius 2 is 1.71 bits per heavy atom. The first-order chi connectivity index (χ1) is 15.1. The summed E-state index contributed by atoms with van der Waals surface area (Å²) in [6, 6.07) is 11.5. The standard InChI is InChI=1S/C23H28N2O6/c1-3-12-30-20-11-8-17(14-21(20)28-2)23(27)25-24-22(26)16-6-9-18(10-7-16)31-15-19-5-4-13-29-19/h6-11,14,19H,3-5,12-13,15H2,1-2H3,(H,24,26)(H,25,27)/t19-/m0/s1. The highest BCUT2D eigenvalue weighted by Crippen LogP contribution is 2.28. The molecule has 2 aromatic carbocycles. The van der Waals surface area contributed by atoms with E-state index < -0.39 is 11.8 Å². The van der Waals surface area contributed by atoms with Crippen LogP contribution in [0.2, 0.25) is 0 Å². The van der Waals surface area contributed by atoms with E-state index in [9.17, 15) is 9.59 Å². The number of ether oxygens (including phenoxy) is 4. The highest BCUT2D eigenvalue weighted by Gasteiger charge is 2.16. The van der Waals surface area contributed by atoms with Crippen molar-refractivity contribution >= 4 is 11.8 Å². The average Bonchev–Trinajstić information content (AvgIpc) is 3.33. The molecule has 8 nitrogen and oxygen atoms in total. The van der Waals surface area contributed by atoms with Gasteiger partial charge in [-0.2, -0.15) is 0 Å². The molecule has 0 unspecified atom stereocenters. The molecule has 0 radical (unpaired) electrons. The lowest BCUT2D eigenvalue weighted by atomic mass is 10.2. The number of rotatable bonds is 9. The first kappa shape index (κ1) is 22.4. The first-order valence-corrected chi connectivity index (χ1v) is 10.4. The van der Waals surface area contributed by atoms with Gasteiger partial charge >= 0.3 is 0 Å². The third-order valence-electron chi connectivity index (χ3n) is 4.75. The fourth-order valence-corrected chi connectivity index (χ4v) is 3.07. The van der Waals surface area contributed by atoms with Crippen LogP contribution in [-0.2, 0) is 4.74 Å². The summed E-state index contributed by atoms with van der Waals surface area (Å²) in [6.07, 6.45) is 3.05. The van der Waals surface area contributed by atoms with Crippen molar-refractivity contribution in [2.24, 2.45) is 0 Å². The van der Waals surface area contributed by atoms with E-state index in [2.05, 4.69) is 10.9 Å². The fraction of sp³-hybridized carbons (Fsp3) is 0.391. The van der Waals surface area contributed by atoms with Crippen LogP contribution in [0.3, 0.4) is 0 Å². The van der Waals surface area contributed by atoms with Crippen LogP contribution in [0, 0.1) is 0 Å². The normalized spacial score (nSPS) is 15.2. The van der Waals surface area contributed by atoms with Gasteiger partial charge in [-0.1, -0.05) is 6.92 Å². The highest BCUT2D eigenvalue weighted by molar-refractivity contribution is 5.99. The summed E-state index contributed by atoms with van der Waals surface area (Å²) in [5.41, 5.74) is 5.54. The second-order valence-electron chi connectivity index (χ2n) is 7.09. The molecule has 0 spiro atoms. The zero-order valence-electron chi connectivity index (χ0n) is 17.8. The summed E-state index contributed by atoms with van der Waals surface area (Å²) in [5, 5.41) is 0. The van der Waals surface area contributed by atoms with Gasteiger partial charge in [0.05, 0.1) is 19.8 Å². The number of benzene rings is 2. The molecule has 0 aliphatic carbocycles. The van der Waals surface area contributed by atoms with Gasteiger partial charge in [0.25, 0.3) is 11.8 Å². The van der Waals surface area contributed by atoms with Crippen LogP contribution in [0.4, 0.5) is 0 Å². The van der Waals surface area contributed by atoms with E-state index in [4.69, 9.17) is 18.9 Å². The molecule has 0 bridgehead atoms. The summed E-state index contributed by atoms with van der Waals surface area (Å²) in [4.78, 5) is 24.7. The zero-order chi connectivity index (χ0) is 22.1. The van der Waals surface area contributed by atoms with E-state index in [-0.39, 0.29) is 6.10 Å². The molecule has 1 saturated heterocycles. The van der Waals surface area contributed by atoms with Gasteiger partial charge in [0, 0.05) is 17.7 Å². The largest absolute Gasteiger partial charge is 0.493 e. The summed E-state index contributed by atoms with van der Waals surface area (Å²) in [5.74, 6) is 0.769. The molecular weight excluding hydrogens is 400 g/mol. The zero-order valence-corrected chi connectivity index (χ0v) is 17.8. The minimum absolute atomic E-state index is 0.129. The summed E-state index contributed by atoms with van der Waals surface area (Å²) in [7, 11) is 1.51. The quantitative estimate of drug-likeness (QED) is 0.596. The molecule has 31 heavy (non-hydrogen) atoms. The van der Waals surface area contributed by atoms with E-state index in [0.29, 0.717) is 41.6 Å². The number of carbonyl (C=O) groups is 2. The smallest absolute Gasteiger partial charge is 0.269 e. The Labute approximate surface area is 181 Å². The molecule has 1 heterocycles. The molecule has 1 aliphatic heterocycles. The Balaban J connectivity index is 1.50. The highest BCUT2D eigenvalue weighted by atomic mass is 16.5. The number of hydrazine groups is 1. The van der Waals surface area contributed by atoms with Crippen LogP contribution in [0.25, 0.3) is 0 Å². The van der Waals surface area contributed by atoms with Crippen molar-refractivity contribution in [2.75, 3.05) is 26.9 Å². The third kappa shape index (κ3) is 6.36. The second-order valence-corrected chi connectivity index (χ2v) is 7.09. The molecule has 1 aliphatic rings. The monoisotopic (exact) mass is 428 g/mol. The molecule has 3 rings (SSSR count). The summed E-state index contributed by atoms with van der Waals surface area (Å²) < 4.78 is 22.1. The van der Waals surface area contributed by atoms with Gasteiger partial charge in [0.2, 0.25) is 0 Å². The van der Waals surface area contributed by atoms with Crippen molar-refractivity contribution < 1.29 is 28.5 Å². The van der Waals surface area contributed by atoms with Crippen LogP contribution < -0.4 is 25.1 Å². The van der Waals surface area contributed by atoms with Crippen molar-refractivity contribution in [2.45, 2.75) is 32.3 Å². The van der Waals surface area contributed by atoms with Crippen LogP contribution in [0.5, 0.6) is 17.2 Å². The van der Waals surface area contributed by atoms with E-state index in [0.717, 1.165) is 25.9 Å². The number of nitrogens with one attached hydrogen (secondary N) is 2. The second kappa shape index (κ2) is 11.2. The summed E-state index contributed by atoms with van der Waals surface area (Å²) in [6.45, 7) is 3.83. The third-order valence-corrected chi connectivity index (χ3v) is 4.75. The van der Waals surface area contributed by atoms with Crippen LogP contribution in [0.1, 0.15) is 46.9 Å². The van der Waals surface area contributed by atoms with E-state index >= 15 is 0 Å². The lowest BCUT2D eigenvalue weighted by Crippen LogP contribution is -2.41. The van der Waals surface area contributed by atoms with E-state index in [1.807, 2.05) is 6.92 Å². The molecule has 1 atom stereocenters.